The Morgan fingerprint density at radius 1 is 1.58 bits per heavy atom. The molecule has 0 aromatic carbocycles. The number of nitrogen functional groups attached to an aromatic ring is 1. The van der Waals surface area contributed by atoms with Crippen LogP contribution in [0.5, 0.6) is 0 Å². The summed E-state index contributed by atoms with van der Waals surface area (Å²) in [6, 6.07) is 1.44. The average molecular weight is 237 g/mol. The molecule has 0 saturated carbocycles. The second-order valence-corrected chi connectivity index (χ2v) is 2.80. The minimum atomic E-state index is -2.55. The maximum absolute atomic E-state index is 12.1. The van der Waals surface area contributed by atoms with E-state index < -0.39 is 6.43 Å². The van der Waals surface area contributed by atoms with Crippen molar-refractivity contribution in [1.29, 1.82) is 0 Å². The van der Waals surface area contributed by atoms with Crippen molar-refractivity contribution in [2.75, 3.05) is 5.73 Å². The molecule has 1 rings (SSSR count). The maximum atomic E-state index is 12.1. The molecule has 0 unspecified atom stereocenters. The summed E-state index contributed by atoms with van der Waals surface area (Å²) < 4.78 is 24.3. The fourth-order valence-corrected chi connectivity index (χ4v) is 1.09. The van der Waals surface area contributed by atoms with Crippen LogP contribution in [0.2, 0.25) is 0 Å². The highest BCUT2D eigenvalue weighted by Gasteiger charge is 2.11. The highest BCUT2D eigenvalue weighted by atomic mass is 79.9. The molecule has 5 heteroatoms. The molecule has 0 amide bonds. The predicted octanol–water partition coefficient (Wildman–Crippen LogP) is 2.50. The smallest absolute Gasteiger partial charge is 0.267 e. The fourth-order valence-electron chi connectivity index (χ4n) is 0.783. The molecule has 1 aromatic rings. The van der Waals surface area contributed by atoms with Gasteiger partial charge in [-0.1, -0.05) is 15.9 Å². The zero-order valence-corrected chi connectivity index (χ0v) is 7.68. The summed E-state index contributed by atoms with van der Waals surface area (Å²) in [5.41, 5.74) is 5.89. The second kappa shape index (κ2) is 3.80. The van der Waals surface area contributed by atoms with Gasteiger partial charge in [0, 0.05) is 17.2 Å². The molecule has 0 radical (unpaired) electrons. The third kappa shape index (κ3) is 1.91. The Labute approximate surface area is 76.9 Å². The number of rotatable bonds is 2. The summed E-state index contributed by atoms with van der Waals surface area (Å²) in [5, 5.41) is 0.515. The molecule has 1 heterocycles. The van der Waals surface area contributed by atoms with E-state index in [2.05, 4.69) is 20.9 Å². The Morgan fingerprint density at radius 3 is 2.67 bits per heavy atom. The summed E-state index contributed by atoms with van der Waals surface area (Å²) >= 11 is 3.15. The van der Waals surface area contributed by atoms with E-state index >= 15 is 0 Å². The number of halogens is 3. The number of nitrogens with two attached hydrogens (primary N) is 1. The molecule has 0 atom stereocenters. The van der Waals surface area contributed by atoms with Crippen molar-refractivity contribution in [2.45, 2.75) is 11.8 Å². The average Bonchev–Trinajstić information content (AvgIpc) is 2.03. The molecular formula is C7H7BrF2N2. The van der Waals surface area contributed by atoms with E-state index in [4.69, 9.17) is 5.73 Å². The van der Waals surface area contributed by atoms with Crippen molar-refractivity contribution in [3.05, 3.63) is 23.5 Å². The number of anilines is 1. The van der Waals surface area contributed by atoms with Gasteiger partial charge in [-0.3, -0.25) is 4.98 Å². The lowest BCUT2D eigenvalue weighted by molar-refractivity contribution is 0.152. The SMILES string of the molecule is Nc1cc(CBr)ncc1C(F)F. The lowest BCUT2D eigenvalue weighted by Crippen LogP contribution is -1.98. The molecule has 2 N–H and O–H groups in total. The van der Waals surface area contributed by atoms with Crippen LogP contribution >= 0.6 is 15.9 Å². The van der Waals surface area contributed by atoms with Gasteiger partial charge in [-0.25, -0.2) is 8.78 Å². The van der Waals surface area contributed by atoms with E-state index in [1.165, 1.54) is 6.07 Å². The van der Waals surface area contributed by atoms with Crippen LogP contribution in [-0.2, 0) is 5.33 Å². The van der Waals surface area contributed by atoms with E-state index in [1.807, 2.05) is 0 Å². The number of hydrogen-bond acceptors (Lipinski definition) is 2. The summed E-state index contributed by atoms with van der Waals surface area (Å²) in [6.45, 7) is 0. The van der Waals surface area contributed by atoms with Crippen LogP contribution in [0.25, 0.3) is 0 Å². The van der Waals surface area contributed by atoms with Crippen LogP contribution < -0.4 is 5.73 Å². The molecule has 0 aliphatic rings. The van der Waals surface area contributed by atoms with Gasteiger partial charge in [0.15, 0.2) is 0 Å². The van der Waals surface area contributed by atoms with Crippen molar-refractivity contribution >= 4 is 21.6 Å². The van der Waals surface area contributed by atoms with Crippen molar-refractivity contribution < 1.29 is 8.78 Å². The number of hydrogen-bond donors (Lipinski definition) is 1. The molecule has 0 spiro atoms. The van der Waals surface area contributed by atoms with Gasteiger partial charge < -0.3 is 5.73 Å². The van der Waals surface area contributed by atoms with Crippen molar-refractivity contribution in [3.8, 4) is 0 Å². The zero-order valence-electron chi connectivity index (χ0n) is 6.10. The first-order valence-electron chi connectivity index (χ1n) is 3.23. The Kier molecular flexibility index (Phi) is 2.97. The zero-order chi connectivity index (χ0) is 9.14. The fraction of sp³-hybridized carbons (Fsp3) is 0.286. The molecule has 0 aliphatic carbocycles. The number of pyridine rings is 1. The van der Waals surface area contributed by atoms with Crippen molar-refractivity contribution in [1.82, 2.24) is 4.98 Å². The van der Waals surface area contributed by atoms with E-state index in [1.54, 1.807) is 0 Å². The van der Waals surface area contributed by atoms with Gasteiger partial charge in [-0.05, 0) is 6.07 Å². The van der Waals surface area contributed by atoms with Crippen molar-refractivity contribution in [2.24, 2.45) is 0 Å². The van der Waals surface area contributed by atoms with Gasteiger partial charge in [0.05, 0.1) is 11.3 Å². The quantitative estimate of drug-likeness (QED) is 0.802. The van der Waals surface area contributed by atoms with Crippen LogP contribution in [0.3, 0.4) is 0 Å². The van der Waals surface area contributed by atoms with Gasteiger partial charge in [0.25, 0.3) is 6.43 Å². The van der Waals surface area contributed by atoms with Gasteiger partial charge in [0.2, 0.25) is 0 Å². The summed E-state index contributed by atoms with van der Waals surface area (Å²) in [5.74, 6) is 0. The van der Waals surface area contributed by atoms with Crippen LogP contribution in [-0.4, -0.2) is 4.98 Å². The first-order valence-corrected chi connectivity index (χ1v) is 4.35. The van der Waals surface area contributed by atoms with Crippen LogP contribution in [0.1, 0.15) is 17.7 Å². The minimum Gasteiger partial charge on any atom is -0.398 e. The normalized spacial score (nSPS) is 10.7. The molecule has 1 aromatic heterocycles. The standard InChI is InChI=1S/C7H7BrF2N2/c8-2-4-1-6(11)5(3-12-4)7(9)10/h1,3,7H,2H2,(H2,11,12). The largest absolute Gasteiger partial charge is 0.398 e. The Bertz CT molecular complexity index is 278. The van der Waals surface area contributed by atoms with E-state index in [0.29, 0.717) is 11.0 Å². The summed E-state index contributed by atoms with van der Waals surface area (Å²) in [7, 11) is 0. The van der Waals surface area contributed by atoms with Crippen LogP contribution in [0, 0.1) is 0 Å². The highest BCUT2D eigenvalue weighted by molar-refractivity contribution is 9.08. The van der Waals surface area contributed by atoms with Gasteiger partial charge >= 0.3 is 0 Å². The third-order valence-corrected chi connectivity index (χ3v) is 1.97. The molecule has 0 saturated heterocycles. The molecule has 2 nitrogen and oxygen atoms in total. The molecule has 66 valence electrons. The predicted molar refractivity (Wildman–Crippen MR) is 46.2 cm³/mol. The Balaban J connectivity index is 3.03. The monoisotopic (exact) mass is 236 g/mol. The Hall–Kier alpha value is -0.710. The molecule has 12 heavy (non-hydrogen) atoms. The molecular weight excluding hydrogens is 230 g/mol. The van der Waals surface area contributed by atoms with Crippen molar-refractivity contribution in [3.63, 3.8) is 0 Å². The molecule has 0 bridgehead atoms. The van der Waals surface area contributed by atoms with Gasteiger partial charge in [0.1, 0.15) is 0 Å². The van der Waals surface area contributed by atoms with Gasteiger partial charge in [-0.2, -0.15) is 0 Å². The topological polar surface area (TPSA) is 38.9 Å². The van der Waals surface area contributed by atoms with E-state index in [-0.39, 0.29) is 11.3 Å². The highest BCUT2D eigenvalue weighted by Crippen LogP contribution is 2.24. The number of alkyl halides is 3. The molecule has 0 aliphatic heterocycles. The lowest BCUT2D eigenvalue weighted by atomic mass is 10.2. The first kappa shape index (κ1) is 9.38. The summed E-state index contributed by atoms with van der Waals surface area (Å²) in [4.78, 5) is 3.77. The molecule has 0 fully saturated rings. The minimum absolute atomic E-state index is 0.0921. The van der Waals surface area contributed by atoms with Crippen LogP contribution in [0.4, 0.5) is 14.5 Å². The first-order chi connectivity index (χ1) is 5.65. The number of nitrogens with zero attached hydrogens (tertiary/aromatic N) is 1. The number of aromatic nitrogens is 1. The Morgan fingerprint density at radius 2 is 2.25 bits per heavy atom. The second-order valence-electron chi connectivity index (χ2n) is 2.24. The van der Waals surface area contributed by atoms with E-state index in [9.17, 15) is 8.78 Å². The van der Waals surface area contributed by atoms with Gasteiger partial charge in [-0.15, -0.1) is 0 Å². The maximum Gasteiger partial charge on any atom is 0.267 e. The third-order valence-electron chi connectivity index (χ3n) is 1.40. The lowest BCUT2D eigenvalue weighted by Gasteiger charge is -2.04. The van der Waals surface area contributed by atoms with Crippen LogP contribution in [0.15, 0.2) is 12.3 Å². The summed E-state index contributed by atoms with van der Waals surface area (Å²) in [6.07, 6.45) is -1.45. The van der Waals surface area contributed by atoms with E-state index in [0.717, 1.165) is 6.20 Å².